The zero-order valence-electron chi connectivity index (χ0n) is 11.5. The number of rotatable bonds is 6. The van der Waals surface area contributed by atoms with E-state index in [4.69, 9.17) is 0 Å². The molecule has 0 bridgehead atoms. The van der Waals surface area contributed by atoms with E-state index >= 15 is 0 Å². The van der Waals surface area contributed by atoms with Crippen molar-refractivity contribution in [3.8, 4) is 0 Å². The molecule has 0 rings (SSSR count). The molecule has 0 aliphatic carbocycles. The molecule has 0 saturated heterocycles. The van der Waals surface area contributed by atoms with E-state index in [0.717, 1.165) is 38.5 Å². The second-order valence-corrected chi connectivity index (χ2v) is 3.17. The fourth-order valence-corrected chi connectivity index (χ4v) is 0.433. The van der Waals surface area contributed by atoms with Crippen LogP contribution in [0.2, 0.25) is 0 Å². The van der Waals surface area contributed by atoms with Gasteiger partial charge in [-0.15, -0.1) is 19.8 Å². The molecule has 0 saturated carbocycles. The zero-order chi connectivity index (χ0) is 14.4. The molecule has 0 aromatic heterocycles. The summed E-state index contributed by atoms with van der Waals surface area (Å²) in [6.45, 7) is 6.32. The van der Waals surface area contributed by atoms with Gasteiger partial charge in [0.05, 0.1) is 0 Å². The van der Waals surface area contributed by atoms with Crippen molar-refractivity contribution in [2.75, 3.05) is 19.8 Å². The normalized spacial score (nSPS) is 7.82. The maximum atomic E-state index is 9.53. The molecule has 0 unspecified atom stereocenters. The van der Waals surface area contributed by atoms with Crippen LogP contribution in [0.1, 0.15) is 59.3 Å². The third-order valence-electron chi connectivity index (χ3n) is 1.49. The Morgan fingerprint density at radius 1 is 0.647 bits per heavy atom. The molecule has 0 aliphatic heterocycles. The van der Waals surface area contributed by atoms with Crippen molar-refractivity contribution < 1.29 is 34.7 Å². The van der Waals surface area contributed by atoms with Gasteiger partial charge in [-0.2, -0.15) is 0 Å². The van der Waals surface area contributed by atoms with E-state index < -0.39 is 0 Å². The predicted molar refractivity (Wildman–Crippen MR) is 65.2 cm³/mol. The van der Waals surface area contributed by atoms with Gasteiger partial charge in [0.15, 0.2) is 0 Å². The van der Waals surface area contributed by atoms with Crippen LogP contribution in [0.4, 0.5) is 0 Å². The molecule has 5 heteroatoms. The van der Waals surface area contributed by atoms with Gasteiger partial charge in [0, 0.05) is 0 Å². The minimum atomic E-state index is 0.0938. The van der Waals surface area contributed by atoms with E-state index in [0.29, 0.717) is 0 Å². The molecule has 3 nitrogen and oxygen atoms in total. The molecule has 0 aromatic carbocycles. The summed E-state index contributed by atoms with van der Waals surface area (Å²) in [7, 11) is 4.64. The molecular formula is C12H27ClO3Ti. The second kappa shape index (κ2) is 43.6. The number of hydrogen-bond acceptors (Lipinski definition) is 3. The van der Waals surface area contributed by atoms with E-state index in [9.17, 15) is 15.3 Å². The molecule has 0 spiro atoms. The average molecular weight is 303 g/mol. The summed E-state index contributed by atoms with van der Waals surface area (Å²) in [6, 6.07) is 0. The Kier molecular flexibility index (Phi) is 67.8. The number of halogens is 1. The summed E-state index contributed by atoms with van der Waals surface area (Å²) in [5, 5.41) is 28.6. The first-order valence-corrected chi connectivity index (χ1v) is 8.32. The molecule has 0 amide bonds. The van der Waals surface area contributed by atoms with Crippen molar-refractivity contribution in [2.24, 2.45) is 0 Å². The molecule has 104 valence electrons. The Morgan fingerprint density at radius 2 is 0.824 bits per heavy atom. The van der Waals surface area contributed by atoms with Crippen molar-refractivity contribution in [1.82, 2.24) is 0 Å². The summed E-state index contributed by atoms with van der Waals surface area (Å²) in [5.74, 6) is 0. The third kappa shape index (κ3) is 78.9. The molecule has 0 aromatic rings. The Labute approximate surface area is 123 Å². The molecule has 0 radical (unpaired) electrons. The van der Waals surface area contributed by atoms with E-state index in [1.807, 2.05) is 20.8 Å². The predicted octanol–water partition coefficient (Wildman–Crippen LogP) is 1.13. The van der Waals surface area contributed by atoms with Crippen LogP contribution in [0.25, 0.3) is 0 Å². The maximum absolute atomic E-state index is 9.53. The third-order valence-corrected chi connectivity index (χ3v) is 1.49. The molecular weight excluding hydrogens is 275 g/mol. The van der Waals surface area contributed by atoms with Gasteiger partial charge in [0.1, 0.15) is 0 Å². The van der Waals surface area contributed by atoms with Crippen LogP contribution in [0.15, 0.2) is 0 Å². The SMILES string of the molecule is CCCC[O-].CCCC[O-].CCCC[O-].[Cl][Ti+3]. The van der Waals surface area contributed by atoms with Crippen molar-refractivity contribution in [3.63, 3.8) is 0 Å². The monoisotopic (exact) mass is 302 g/mol. The molecule has 0 aliphatic rings. The summed E-state index contributed by atoms with van der Waals surface area (Å²) in [5.41, 5.74) is 0. The first-order chi connectivity index (χ1) is 8.24. The van der Waals surface area contributed by atoms with Crippen LogP contribution in [-0.4, -0.2) is 19.8 Å². The van der Waals surface area contributed by atoms with E-state index in [2.05, 4.69) is 9.30 Å². The van der Waals surface area contributed by atoms with Crippen molar-refractivity contribution in [1.29, 1.82) is 0 Å². The minimum absolute atomic E-state index is 0.0938. The van der Waals surface area contributed by atoms with E-state index in [-0.39, 0.29) is 19.8 Å². The zero-order valence-corrected chi connectivity index (χ0v) is 13.8. The van der Waals surface area contributed by atoms with Gasteiger partial charge in [-0.3, -0.25) is 0 Å². The van der Waals surface area contributed by atoms with E-state index in [1.54, 1.807) is 0 Å². The van der Waals surface area contributed by atoms with Gasteiger partial charge in [0.25, 0.3) is 0 Å². The van der Waals surface area contributed by atoms with Crippen LogP contribution in [0.3, 0.4) is 0 Å². The van der Waals surface area contributed by atoms with Gasteiger partial charge in [-0.25, -0.2) is 0 Å². The Balaban J connectivity index is -0.0000000693. The van der Waals surface area contributed by atoms with Crippen LogP contribution >= 0.6 is 9.30 Å². The fraction of sp³-hybridized carbons (Fsp3) is 1.00. The topological polar surface area (TPSA) is 69.2 Å². The fourth-order valence-electron chi connectivity index (χ4n) is 0.433. The van der Waals surface area contributed by atoms with Gasteiger partial charge < -0.3 is 15.3 Å². The Bertz CT molecular complexity index is 58.5. The Morgan fingerprint density at radius 3 is 0.824 bits per heavy atom. The second-order valence-electron chi connectivity index (χ2n) is 3.17. The van der Waals surface area contributed by atoms with Gasteiger partial charge in [-0.05, 0) is 0 Å². The molecule has 0 N–H and O–H groups in total. The first kappa shape index (κ1) is 26.4. The standard InChI is InChI=1S/3C4H9O.ClH.Ti/c3*1-2-3-4-5;;/h3*2-4H2,1H3;1H;/q3*-1;;+4/p-1. The average Bonchev–Trinajstić information content (AvgIpc) is 2.36. The summed E-state index contributed by atoms with van der Waals surface area (Å²) >= 11 is 1.47. The summed E-state index contributed by atoms with van der Waals surface area (Å²) in [4.78, 5) is 0. The quantitative estimate of drug-likeness (QED) is 0.691. The van der Waals surface area contributed by atoms with Crippen molar-refractivity contribution in [2.45, 2.75) is 59.3 Å². The van der Waals surface area contributed by atoms with Gasteiger partial charge >= 0.3 is 28.7 Å². The number of hydrogen-bond donors (Lipinski definition) is 0. The van der Waals surface area contributed by atoms with Crippen molar-refractivity contribution in [3.05, 3.63) is 0 Å². The first-order valence-electron chi connectivity index (χ1n) is 6.18. The van der Waals surface area contributed by atoms with Gasteiger partial charge in [0.2, 0.25) is 0 Å². The molecule has 0 heterocycles. The molecule has 0 fully saturated rings. The molecule has 0 atom stereocenters. The number of unbranched alkanes of at least 4 members (excludes halogenated alkanes) is 3. The van der Waals surface area contributed by atoms with Crippen LogP contribution in [0.5, 0.6) is 0 Å². The van der Waals surface area contributed by atoms with Crippen LogP contribution < -0.4 is 15.3 Å². The summed E-state index contributed by atoms with van der Waals surface area (Å²) in [6.07, 6.45) is 5.59. The van der Waals surface area contributed by atoms with Crippen LogP contribution in [-0.2, 0) is 19.4 Å². The summed E-state index contributed by atoms with van der Waals surface area (Å²) < 4.78 is 0. The molecule has 17 heavy (non-hydrogen) atoms. The Hall–Kier alpha value is 0.884. The van der Waals surface area contributed by atoms with E-state index in [1.165, 1.54) is 19.4 Å². The van der Waals surface area contributed by atoms with Gasteiger partial charge in [-0.1, -0.05) is 59.3 Å². The van der Waals surface area contributed by atoms with Crippen molar-refractivity contribution >= 4 is 9.30 Å². The van der Waals surface area contributed by atoms with Crippen LogP contribution in [0, 0.1) is 0 Å².